The topological polar surface area (TPSA) is 38.3 Å². The van der Waals surface area contributed by atoms with Gasteiger partial charge in [0.15, 0.2) is 0 Å². The van der Waals surface area contributed by atoms with Crippen molar-refractivity contribution in [2.75, 3.05) is 5.32 Å². The standard InChI is InChI=1S/C26H23F2NO2/c1-16-14-23-18(10-13-26(31-23)11-3-12-26)15-20(16)17-6-8-19(9-7-17)29-25(30)24-21(27)4-2-5-22(24)28/h2,4-9,14-15H,3,10-13H2,1H3,(H,29,30). The highest BCUT2D eigenvalue weighted by atomic mass is 19.1. The Kier molecular flexibility index (Phi) is 4.77. The fourth-order valence-electron chi connectivity index (χ4n) is 4.54. The van der Waals surface area contributed by atoms with E-state index in [1.54, 1.807) is 12.1 Å². The number of amides is 1. The van der Waals surface area contributed by atoms with Gasteiger partial charge in [-0.2, -0.15) is 0 Å². The van der Waals surface area contributed by atoms with Crippen LogP contribution in [-0.2, 0) is 6.42 Å². The molecule has 1 amide bonds. The maximum absolute atomic E-state index is 13.8. The highest BCUT2D eigenvalue weighted by Crippen LogP contribution is 2.46. The SMILES string of the molecule is Cc1cc2c(cc1-c1ccc(NC(=O)c3c(F)cccc3F)cc1)CCC1(CCC1)O2. The second kappa shape index (κ2) is 7.49. The molecule has 3 aromatic rings. The van der Waals surface area contributed by atoms with Gasteiger partial charge in [-0.05, 0) is 97.7 Å². The van der Waals surface area contributed by atoms with Crippen LogP contribution in [-0.4, -0.2) is 11.5 Å². The van der Waals surface area contributed by atoms with Crippen LogP contribution in [0.5, 0.6) is 5.75 Å². The Hall–Kier alpha value is -3.21. The molecule has 3 aromatic carbocycles. The average molecular weight is 419 g/mol. The quantitative estimate of drug-likeness (QED) is 0.530. The van der Waals surface area contributed by atoms with Crippen molar-refractivity contribution in [3.8, 4) is 16.9 Å². The molecule has 0 bridgehead atoms. The summed E-state index contributed by atoms with van der Waals surface area (Å²) < 4.78 is 34.0. The first kappa shape index (κ1) is 19.7. The zero-order valence-corrected chi connectivity index (χ0v) is 17.3. The maximum atomic E-state index is 13.8. The molecule has 0 radical (unpaired) electrons. The summed E-state index contributed by atoms with van der Waals surface area (Å²) in [7, 11) is 0. The normalized spacial score (nSPS) is 16.2. The van der Waals surface area contributed by atoms with Crippen molar-refractivity contribution in [2.45, 2.75) is 44.6 Å². The number of hydrogen-bond acceptors (Lipinski definition) is 2. The smallest absolute Gasteiger partial charge is 0.261 e. The van der Waals surface area contributed by atoms with Crippen molar-refractivity contribution in [1.82, 2.24) is 0 Å². The van der Waals surface area contributed by atoms with Crippen LogP contribution in [0, 0.1) is 18.6 Å². The summed E-state index contributed by atoms with van der Waals surface area (Å²) in [5.74, 6) is -1.58. The molecule has 1 heterocycles. The molecule has 1 fully saturated rings. The molecular formula is C26H23F2NO2. The van der Waals surface area contributed by atoms with E-state index in [0.717, 1.165) is 60.3 Å². The Bertz CT molecular complexity index is 1150. The van der Waals surface area contributed by atoms with Crippen LogP contribution in [0.3, 0.4) is 0 Å². The fraction of sp³-hybridized carbons (Fsp3) is 0.269. The number of fused-ring (bicyclic) bond motifs is 1. The summed E-state index contributed by atoms with van der Waals surface area (Å²) >= 11 is 0. The van der Waals surface area contributed by atoms with E-state index in [-0.39, 0.29) is 5.60 Å². The lowest BCUT2D eigenvalue weighted by Gasteiger charge is -2.45. The average Bonchev–Trinajstić information content (AvgIpc) is 2.72. The first-order valence-electron chi connectivity index (χ1n) is 10.6. The molecule has 1 spiro atoms. The highest BCUT2D eigenvalue weighted by molar-refractivity contribution is 6.04. The van der Waals surface area contributed by atoms with Crippen LogP contribution < -0.4 is 10.1 Å². The van der Waals surface area contributed by atoms with E-state index in [1.807, 2.05) is 12.1 Å². The monoisotopic (exact) mass is 419 g/mol. The first-order valence-corrected chi connectivity index (χ1v) is 10.6. The molecule has 5 rings (SSSR count). The third kappa shape index (κ3) is 3.58. The molecule has 0 saturated heterocycles. The number of anilines is 1. The highest BCUT2D eigenvalue weighted by Gasteiger charge is 2.41. The fourth-order valence-corrected chi connectivity index (χ4v) is 4.54. The summed E-state index contributed by atoms with van der Waals surface area (Å²) in [6.45, 7) is 2.07. The Morgan fingerprint density at radius 2 is 1.71 bits per heavy atom. The molecule has 0 unspecified atom stereocenters. The van der Waals surface area contributed by atoms with Crippen molar-refractivity contribution in [1.29, 1.82) is 0 Å². The maximum Gasteiger partial charge on any atom is 0.261 e. The molecule has 1 saturated carbocycles. The number of carbonyl (C=O) groups excluding carboxylic acids is 1. The number of benzene rings is 3. The number of carbonyl (C=O) groups is 1. The van der Waals surface area contributed by atoms with Gasteiger partial charge in [0.05, 0.1) is 0 Å². The Morgan fingerprint density at radius 3 is 2.35 bits per heavy atom. The number of hydrogen-bond donors (Lipinski definition) is 1. The van der Waals surface area contributed by atoms with Crippen molar-refractivity contribution in [2.24, 2.45) is 0 Å². The molecule has 1 N–H and O–H groups in total. The second-order valence-corrected chi connectivity index (χ2v) is 8.54. The van der Waals surface area contributed by atoms with Crippen LogP contribution in [0.2, 0.25) is 0 Å². The van der Waals surface area contributed by atoms with Crippen LogP contribution in [0.25, 0.3) is 11.1 Å². The lowest BCUT2D eigenvalue weighted by molar-refractivity contribution is -0.0249. The van der Waals surface area contributed by atoms with Crippen LogP contribution in [0.1, 0.15) is 47.2 Å². The Morgan fingerprint density at radius 1 is 1.00 bits per heavy atom. The minimum Gasteiger partial charge on any atom is -0.487 e. The van der Waals surface area contributed by atoms with Gasteiger partial charge in [-0.25, -0.2) is 8.78 Å². The molecule has 3 nitrogen and oxygen atoms in total. The molecule has 0 aromatic heterocycles. The molecule has 0 atom stereocenters. The van der Waals surface area contributed by atoms with Gasteiger partial charge in [0.25, 0.3) is 5.91 Å². The summed E-state index contributed by atoms with van der Waals surface area (Å²) in [4.78, 5) is 12.3. The number of ether oxygens (including phenoxy) is 1. The predicted octanol–water partition coefficient (Wildman–Crippen LogP) is 6.44. The lowest BCUT2D eigenvalue weighted by atomic mass is 9.74. The van der Waals surface area contributed by atoms with E-state index >= 15 is 0 Å². The van der Waals surface area contributed by atoms with E-state index in [4.69, 9.17) is 4.74 Å². The van der Waals surface area contributed by atoms with Gasteiger partial charge in [0, 0.05) is 5.69 Å². The first-order chi connectivity index (χ1) is 14.9. The Balaban J connectivity index is 1.36. The van der Waals surface area contributed by atoms with Gasteiger partial charge in [-0.15, -0.1) is 0 Å². The molecule has 31 heavy (non-hydrogen) atoms. The van der Waals surface area contributed by atoms with Gasteiger partial charge in [-0.3, -0.25) is 4.79 Å². The van der Waals surface area contributed by atoms with Gasteiger partial charge < -0.3 is 10.1 Å². The van der Waals surface area contributed by atoms with Crippen molar-refractivity contribution in [3.05, 3.63) is 82.9 Å². The Labute approximate surface area is 180 Å². The van der Waals surface area contributed by atoms with E-state index in [2.05, 4.69) is 24.4 Å². The second-order valence-electron chi connectivity index (χ2n) is 8.54. The largest absolute Gasteiger partial charge is 0.487 e. The number of aryl methyl sites for hydroxylation is 2. The zero-order valence-electron chi connectivity index (χ0n) is 17.3. The molecule has 1 aliphatic carbocycles. The lowest BCUT2D eigenvalue weighted by Crippen LogP contribution is -2.45. The molecular weight excluding hydrogens is 396 g/mol. The van der Waals surface area contributed by atoms with Gasteiger partial charge in [0.1, 0.15) is 28.5 Å². The third-order valence-electron chi connectivity index (χ3n) is 6.49. The van der Waals surface area contributed by atoms with E-state index in [0.29, 0.717) is 5.69 Å². The molecule has 2 aliphatic rings. The summed E-state index contributed by atoms with van der Waals surface area (Å²) in [6.07, 6.45) is 5.64. The summed E-state index contributed by atoms with van der Waals surface area (Å²) in [5, 5.41) is 2.57. The zero-order chi connectivity index (χ0) is 21.6. The molecule has 158 valence electrons. The van der Waals surface area contributed by atoms with E-state index in [9.17, 15) is 13.6 Å². The minimum absolute atomic E-state index is 0.0680. The summed E-state index contributed by atoms with van der Waals surface area (Å²) in [6, 6.07) is 15.0. The van der Waals surface area contributed by atoms with Crippen LogP contribution in [0.4, 0.5) is 14.5 Å². The number of rotatable bonds is 3. The third-order valence-corrected chi connectivity index (χ3v) is 6.49. The van der Waals surface area contributed by atoms with Crippen LogP contribution in [0.15, 0.2) is 54.6 Å². The van der Waals surface area contributed by atoms with Crippen LogP contribution >= 0.6 is 0 Å². The van der Waals surface area contributed by atoms with Gasteiger partial charge >= 0.3 is 0 Å². The van der Waals surface area contributed by atoms with E-state index in [1.165, 1.54) is 18.1 Å². The van der Waals surface area contributed by atoms with Gasteiger partial charge in [0.2, 0.25) is 0 Å². The number of halogens is 2. The minimum atomic E-state index is -0.885. The van der Waals surface area contributed by atoms with Crippen molar-refractivity contribution >= 4 is 11.6 Å². The van der Waals surface area contributed by atoms with Gasteiger partial charge in [-0.1, -0.05) is 18.2 Å². The molecule has 5 heteroatoms. The van der Waals surface area contributed by atoms with Crippen molar-refractivity contribution in [3.63, 3.8) is 0 Å². The predicted molar refractivity (Wildman–Crippen MR) is 116 cm³/mol. The molecule has 1 aliphatic heterocycles. The van der Waals surface area contributed by atoms with Crippen molar-refractivity contribution < 1.29 is 18.3 Å². The summed E-state index contributed by atoms with van der Waals surface area (Å²) in [5.41, 5.74) is 4.44. The number of nitrogens with one attached hydrogen (secondary N) is 1. The van der Waals surface area contributed by atoms with E-state index < -0.39 is 23.1 Å².